The average Bonchev–Trinajstić information content (AvgIpc) is 3.40. The maximum absolute atomic E-state index is 12.9. The topological polar surface area (TPSA) is 75.4 Å². The summed E-state index contributed by atoms with van der Waals surface area (Å²) in [6.45, 7) is 3.94. The fraction of sp³-hybridized carbons (Fsp3) is 0.450. The fourth-order valence-corrected chi connectivity index (χ4v) is 2.88. The molecule has 3 rings (SSSR count). The van der Waals surface area contributed by atoms with Crippen molar-refractivity contribution in [3.05, 3.63) is 47.2 Å². The van der Waals surface area contributed by atoms with Crippen LogP contribution in [0.1, 0.15) is 54.3 Å². The summed E-state index contributed by atoms with van der Waals surface area (Å²) in [5.74, 6) is 0.633. The quantitative estimate of drug-likeness (QED) is 0.785. The third-order valence-electron chi connectivity index (χ3n) is 4.48. The van der Waals surface area contributed by atoms with Gasteiger partial charge in [0.25, 0.3) is 5.91 Å². The Morgan fingerprint density at radius 1 is 1.27 bits per heavy atom. The molecule has 2 amide bonds. The van der Waals surface area contributed by atoms with Crippen LogP contribution >= 0.6 is 0 Å². The van der Waals surface area contributed by atoms with Crippen molar-refractivity contribution in [2.45, 2.75) is 52.0 Å². The molecule has 0 saturated heterocycles. The number of amides is 2. The van der Waals surface area contributed by atoms with Crippen molar-refractivity contribution in [1.82, 2.24) is 10.1 Å². The van der Waals surface area contributed by atoms with Crippen LogP contribution in [0.15, 0.2) is 34.9 Å². The van der Waals surface area contributed by atoms with E-state index in [1.807, 2.05) is 24.3 Å². The Kier molecular flexibility index (Phi) is 5.71. The summed E-state index contributed by atoms with van der Waals surface area (Å²) in [6, 6.07) is 9.53. The first-order valence-corrected chi connectivity index (χ1v) is 9.20. The van der Waals surface area contributed by atoms with E-state index < -0.39 is 0 Å². The van der Waals surface area contributed by atoms with Gasteiger partial charge < -0.3 is 14.7 Å². The molecular formula is C20H25N3O3. The van der Waals surface area contributed by atoms with Gasteiger partial charge in [-0.2, -0.15) is 0 Å². The van der Waals surface area contributed by atoms with E-state index in [4.69, 9.17) is 4.52 Å². The van der Waals surface area contributed by atoms with E-state index >= 15 is 0 Å². The van der Waals surface area contributed by atoms with Gasteiger partial charge in [0.2, 0.25) is 5.91 Å². The molecule has 0 radical (unpaired) electrons. The highest BCUT2D eigenvalue weighted by Gasteiger charge is 2.34. The van der Waals surface area contributed by atoms with E-state index in [0.717, 1.165) is 32.1 Å². The summed E-state index contributed by atoms with van der Waals surface area (Å²) < 4.78 is 4.94. The second-order valence-electron chi connectivity index (χ2n) is 6.84. The highest BCUT2D eigenvalue weighted by atomic mass is 16.5. The number of anilines is 1. The number of aromatic nitrogens is 1. The number of hydrogen-bond acceptors (Lipinski definition) is 4. The standard InChI is InChI=1S/C20H25N3O3/c1-3-4-5-15-6-8-16(9-7-15)20(25)23(17-10-11-17)13-19(24)21-18-12-14(2)26-22-18/h6-9,12,17H,3-5,10-11,13H2,1-2H3,(H,21,22,24). The van der Waals surface area contributed by atoms with Crippen molar-refractivity contribution in [3.8, 4) is 0 Å². The van der Waals surface area contributed by atoms with Crippen molar-refractivity contribution in [1.29, 1.82) is 0 Å². The molecule has 1 aromatic carbocycles. The van der Waals surface area contributed by atoms with Crippen LogP contribution in [-0.4, -0.2) is 34.5 Å². The van der Waals surface area contributed by atoms with Crippen LogP contribution in [0, 0.1) is 6.92 Å². The number of nitrogens with one attached hydrogen (secondary N) is 1. The Hall–Kier alpha value is -2.63. The van der Waals surface area contributed by atoms with Crippen molar-refractivity contribution >= 4 is 17.6 Å². The minimum Gasteiger partial charge on any atom is -0.360 e. The first-order chi connectivity index (χ1) is 12.6. The summed E-state index contributed by atoms with van der Waals surface area (Å²) in [6.07, 6.45) is 5.20. The summed E-state index contributed by atoms with van der Waals surface area (Å²) in [5, 5.41) is 6.43. The second-order valence-corrected chi connectivity index (χ2v) is 6.84. The largest absolute Gasteiger partial charge is 0.360 e. The van der Waals surface area contributed by atoms with E-state index in [1.54, 1.807) is 17.9 Å². The van der Waals surface area contributed by atoms with Crippen LogP contribution in [0.4, 0.5) is 5.82 Å². The molecule has 1 aromatic heterocycles. The van der Waals surface area contributed by atoms with Crippen molar-refractivity contribution in [2.24, 2.45) is 0 Å². The lowest BCUT2D eigenvalue weighted by Gasteiger charge is -2.21. The molecule has 2 aromatic rings. The van der Waals surface area contributed by atoms with E-state index in [9.17, 15) is 9.59 Å². The smallest absolute Gasteiger partial charge is 0.254 e. The van der Waals surface area contributed by atoms with Gasteiger partial charge in [0.1, 0.15) is 12.3 Å². The normalized spacial score (nSPS) is 13.5. The molecule has 1 fully saturated rings. The minimum atomic E-state index is -0.266. The first kappa shape index (κ1) is 18.2. The van der Waals surface area contributed by atoms with Gasteiger partial charge in [0.15, 0.2) is 5.82 Å². The lowest BCUT2D eigenvalue weighted by molar-refractivity contribution is -0.117. The van der Waals surface area contributed by atoms with Crippen molar-refractivity contribution in [2.75, 3.05) is 11.9 Å². The molecule has 6 nitrogen and oxygen atoms in total. The SMILES string of the molecule is CCCCc1ccc(C(=O)N(CC(=O)Nc2cc(C)on2)C2CC2)cc1. The molecule has 26 heavy (non-hydrogen) atoms. The lowest BCUT2D eigenvalue weighted by Crippen LogP contribution is -2.39. The molecule has 0 spiro atoms. The van der Waals surface area contributed by atoms with Gasteiger partial charge in [-0.05, 0) is 50.3 Å². The lowest BCUT2D eigenvalue weighted by atomic mass is 10.1. The highest BCUT2D eigenvalue weighted by Crippen LogP contribution is 2.28. The fourth-order valence-electron chi connectivity index (χ4n) is 2.88. The molecule has 0 unspecified atom stereocenters. The number of benzene rings is 1. The maximum atomic E-state index is 12.9. The molecule has 1 saturated carbocycles. The summed E-state index contributed by atoms with van der Waals surface area (Å²) in [4.78, 5) is 26.8. The maximum Gasteiger partial charge on any atom is 0.254 e. The Balaban J connectivity index is 1.63. The van der Waals surface area contributed by atoms with Crippen molar-refractivity contribution < 1.29 is 14.1 Å². The van der Waals surface area contributed by atoms with Gasteiger partial charge in [0.05, 0.1) is 0 Å². The van der Waals surface area contributed by atoms with Crippen LogP contribution in [-0.2, 0) is 11.2 Å². The van der Waals surface area contributed by atoms with Crippen LogP contribution in [0.25, 0.3) is 0 Å². The zero-order chi connectivity index (χ0) is 18.5. The number of hydrogen-bond donors (Lipinski definition) is 1. The number of unbranched alkanes of at least 4 members (excludes halogenated alkanes) is 1. The van der Waals surface area contributed by atoms with Gasteiger partial charge >= 0.3 is 0 Å². The Bertz CT molecular complexity index is 763. The second kappa shape index (κ2) is 8.17. The highest BCUT2D eigenvalue weighted by molar-refractivity contribution is 5.99. The van der Waals surface area contributed by atoms with Gasteiger partial charge in [-0.3, -0.25) is 9.59 Å². The van der Waals surface area contributed by atoms with Crippen LogP contribution in [0.2, 0.25) is 0 Å². The molecular weight excluding hydrogens is 330 g/mol. The molecule has 0 aliphatic heterocycles. The molecule has 6 heteroatoms. The number of aryl methyl sites for hydroxylation is 2. The molecule has 1 aliphatic carbocycles. The van der Waals surface area contributed by atoms with Gasteiger partial charge in [-0.25, -0.2) is 0 Å². The van der Waals surface area contributed by atoms with Crippen LogP contribution in [0.5, 0.6) is 0 Å². The van der Waals surface area contributed by atoms with Crippen LogP contribution in [0.3, 0.4) is 0 Å². The van der Waals surface area contributed by atoms with E-state index in [0.29, 0.717) is 17.1 Å². The van der Waals surface area contributed by atoms with E-state index in [1.165, 1.54) is 5.56 Å². The number of nitrogens with zero attached hydrogens (tertiary/aromatic N) is 2. The van der Waals surface area contributed by atoms with Gasteiger partial charge in [-0.1, -0.05) is 30.6 Å². The molecule has 0 bridgehead atoms. The number of carbonyl (C=O) groups excluding carboxylic acids is 2. The first-order valence-electron chi connectivity index (χ1n) is 9.20. The molecule has 0 atom stereocenters. The predicted molar refractivity (Wildman–Crippen MR) is 99.0 cm³/mol. The number of rotatable bonds is 8. The van der Waals surface area contributed by atoms with Gasteiger partial charge in [0, 0.05) is 17.7 Å². The number of carbonyl (C=O) groups is 2. The Labute approximate surface area is 153 Å². The monoisotopic (exact) mass is 355 g/mol. The van der Waals surface area contributed by atoms with Gasteiger partial charge in [-0.15, -0.1) is 0 Å². The molecule has 138 valence electrons. The molecule has 1 heterocycles. The third kappa shape index (κ3) is 4.71. The van der Waals surface area contributed by atoms with Crippen molar-refractivity contribution in [3.63, 3.8) is 0 Å². The zero-order valence-corrected chi connectivity index (χ0v) is 15.3. The summed E-state index contributed by atoms with van der Waals surface area (Å²) in [5.41, 5.74) is 1.86. The molecule has 1 aliphatic rings. The van der Waals surface area contributed by atoms with E-state index in [2.05, 4.69) is 17.4 Å². The average molecular weight is 355 g/mol. The Morgan fingerprint density at radius 2 is 2.00 bits per heavy atom. The zero-order valence-electron chi connectivity index (χ0n) is 15.3. The predicted octanol–water partition coefficient (Wildman–Crippen LogP) is 3.57. The Morgan fingerprint density at radius 3 is 2.58 bits per heavy atom. The van der Waals surface area contributed by atoms with Crippen LogP contribution < -0.4 is 5.32 Å². The molecule has 1 N–H and O–H groups in total. The summed E-state index contributed by atoms with van der Waals surface area (Å²) in [7, 11) is 0. The minimum absolute atomic E-state index is 0.0208. The summed E-state index contributed by atoms with van der Waals surface area (Å²) >= 11 is 0. The third-order valence-corrected chi connectivity index (χ3v) is 4.48. The van der Waals surface area contributed by atoms with E-state index in [-0.39, 0.29) is 24.4 Å².